The summed E-state index contributed by atoms with van der Waals surface area (Å²) in [6.45, 7) is 0.223. The van der Waals surface area contributed by atoms with E-state index in [0.717, 1.165) is 17.3 Å². The molecule has 0 saturated carbocycles. The zero-order valence-electron chi connectivity index (χ0n) is 13.4. The predicted octanol–water partition coefficient (Wildman–Crippen LogP) is 2.03. The van der Waals surface area contributed by atoms with Gasteiger partial charge in [0, 0.05) is 10.6 Å². The molecule has 26 heavy (non-hydrogen) atoms. The van der Waals surface area contributed by atoms with Crippen molar-refractivity contribution in [3.8, 4) is 0 Å². The first-order valence-corrected chi connectivity index (χ1v) is 9.10. The van der Waals surface area contributed by atoms with Crippen LogP contribution in [0, 0.1) is 0 Å². The maximum absolute atomic E-state index is 13.2. The molecule has 2 amide bonds. The van der Waals surface area contributed by atoms with E-state index in [-0.39, 0.29) is 11.7 Å². The lowest BCUT2D eigenvalue weighted by Gasteiger charge is -2.26. The van der Waals surface area contributed by atoms with Gasteiger partial charge in [0.05, 0.1) is 12.2 Å². The Morgan fingerprint density at radius 2 is 2.00 bits per heavy atom. The van der Waals surface area contributed by atoms with Crippen LogP contribution in [0.3, 0.4) is 0 Å². The van der Waals surface area contributed by atoms with Gasteiger partial charge in [-0.15, -0.1) is 0 Å². The number of nitrogens with zero attached hydrogens (tertiary/aromatic N) is 2. The highest BCUT2D eigenvalue weighted by Crippen LogP contribution is 2.47. The van der Waals surface area contributed by atoms with Gasteiger partial charge in [-0.1, -0.05) is 53.7 Å². The number of para-hydroxylation sites is 1. The molecule has 0 spiro atoms. The number of thioether (sulfide) groups is 1. The fraction of sp³-hybridized carbons (Fsp3) is 0.167. The summed E-state index contributed by atoms with van der Waals surface area (Å²) in [6.07, 6.45) is 0. The Balaban J connectivity index is 1.77. The van der Waals surface area contributed by atoms with E-state index >= 15 is 0 Å². The van der Waals surface area contributed by atoms with Crippen molar-refractivity contribution in [3.63, 3.8) is 0 Å². The lowest BCUT2D eigenvalue weighted by atomic mass is 9.91. The monoisotopic (exact) mass is 387 g/mol. The number of halogens is 1. The quantitative estimate of drug-likeness (QED) is 0.840. The first kappa shape index (κ1) is 17.1. The second kappa shape index (κ2) is 6.12. The van der Waals surface area contributed by atoms with Gasteiger partial charge in [0.25, 0.3) is 11.8 Å². The van der Waals surface area contributed by atoms with Crippen LogP contribution in [0.5, 0.6) is 0 Å². The predicted molar refractivity (Wildman–Crippen MR) is 101 cm³/mol. The first-order chi connectivity index (χ1) is 12.4. The third-order valence-corrected chi connectivity index (χ3v) is 5.82. The number of hydrogen-bond donors (Lipinski definition) is 2. The molecule has 6 nitrogen and oxygen atoms in total. The van der Waals surface area contributed by atoms with E-state index in [4.69, 9.17) is 17.3 Å². The summed E-state index contributed by atoms with van der Waals surface area (Å²) in [7, 11) is 0. The van der Waals surface area contributed by atoms with Crippen molar-refractivity contribution in [3.05, 3.63) is 64.7 Å². The summed E-state index contributed by atoms with van der Waals surface area (Å²) >= 11 is 6.94. The minimum Gasteiger partial charge on any atom is -0.378 e. The zero-order chi connectivity index (χ0) is 18.5. The van der Waals surface area contributed by atoms with E-state index in [1.165, 1.54) is 4.90 Å². The van der Waals surface area contributed by atoms with Gasteiger partial charge in [0.2, 0.25) is 0 Å². The fourth-order valence-electron chi connectivity index (χ4n) is 3.32. The zero-order valence-corrected chi connectivity index (χ0v) is 15.0. The average Bonchev–Trinajstić information content (AvgIpc) is 3.06. The van der Waals surface area contributed by atoms with Crippen molar-refractivity contribution in [2.24, 2.45) is 10.7 Å². The number of anilines is 1. The summed E-state index contributed by atoms with van der Waals surface area (Å²) in [4.78, 5) is 30.5. The van der Waals surface area contributed by atoms with Gasteiger partial charge in [-0.2, -0.15) is 4.99 Å². The van der Waals surface area contributed by atoms with Crippen LogP contribution in [0.15, 0.2) is 53.5 Å². The van der Waals surface area contributed by atoms with Gasteiger partial charge >= 0.3 is 0 Å². The number of amidine groups is 1. The highest BCUT2D eigenvalue weighted by molar-refractivity contribution is 8.15. The Bertz CT molecular complexity index is 964. The third-order valence-electron chi connectivity index (χ3n) is 4.47. The molecule has 132 valence electrons. The number of hydrogen-bond acceptors (Lipinski definition) is 5. The van der Waals surface area contributed by atoms with E-state index in [9.17, 15) is 14.7 Å². The summed E-state index contributed by atoms with van der Waals surface area (Å²) < 4.78 is 0. The van der Waals surface area contributed by atoms with Crippen LogP contribution >= 0.6 is 23.4 Å². The van der Waals surface area contributed by atoms with Crippen LogP contribution in [-0.2, 0) is 21.7 Å². The molecule has 2 aromatic carbocycles. The smallest absolute Gasteiger partial charge is 0.265 e. The molecule has 8 heteroatoms. The molecule has 4 rings (SSSR count). The van der Waals surface area contributed by atoms with Crippen molar-refractivity contribution in [2.75, 3.05) is 4.90 Å². The van der Waals surface area contributed by atoms with Crippen LogP contribution in [0.25, 0.3) is 0 Å². The highest BCUT2D eigenvalue weighted by Gasteiger charge is 2.59. The number of aliphatic imine (C=N–C) groups is 1. The lowest BCUT2D eigenvalue weighted by Crippen LogP contribution is -2.49. The Kier molecular flexibility index (Phi) is 4.02. The van der Waals surface area contributed by atoms with Gasteiger partial charge in [-0.25, -0.2) is 0 Å². The molecule has 0 aromatic heterocycles. The second-order valence-electron chi connectivity index (χ2n) is 6.09. The van der Waals surface area contributed by atoms with Gasteiger partial charge in [0.1, 0.15) is 5.25 Å². The largest absolute Gasteiger partial charge is 0.378 e. The Labute approximate surface area is 158 Å². The molecule has 0 fully saturated rings. The molecule has 0 radical (unpaired) electrons. The molecule has 3 N–H and O–H groups in total. The molecular formula is C18H14ClN3O3S. The summed E-state index contributed by atoms with van der Waals surface area (Å²) in [5, 5.41) is 10.8. The van der Waals surface area contributed by atoms with Crippen molar-refractivity contribution < 1.29 is 14.7 Å². The topological polar surface area (TPSA) is 96.0 Å². The van der Waals surface area contributed by atoms with Crippen molar-refractivity contribution >= 4 is 46.0 Å². The lowest BCUT2D eigenvalue weighted by molar-refractivity contribution is -0.140. The summed E-state index contributed by atoms with van der Waals surface area (Å²) in [6, 6.07) is 14.0. The van der Waals surface area contributed by atoms with Gasteiger partial charge < -0.3 is 15.7 Å². The standard InChI is InChI=1S/C18H14ClN3O3S/c19-11-5-3-4-10(8-11)9-22-13-7-2-1-6-12(13)18(25,16(22)24)14-15(23)21-17(20)26-14/h1-8,14,25H,9H2,(H2,20,21,23)/t14-,18-/m1/s1. The fourth-order valence-corrected chi connectivity index (χ4v) is 4.47. The number of nitrogens with two attached hydrogens (primary N) is 1. The molecule has 0 saturated heterocycles. The van der Waals surface area contributed by atoms with Crippen molar-refractivity contribution in [2.45, 2.75) is 17.4 Å². The first-order valence-electron chi connectivity index (χ1n) is 7.84. The maximum atomic E-state index is 13.2. The van der Waals surface area contributed by atoms with E-state index in [2.05, 4.69) is 4.99 Å². The molecule has 0 aliphatic carbocycles. The SMILES string of the molecule is NC1=NC(=O)[C@H]([C@@]2(O)C(=O)N(Cc3cccc(Cl)c3)c3ccccc32)S1. The molecule has 2 heterocycles. The van der Waals surface area contributed by atoms with Crippen LogP contribution in [0.4, 0.5) is 5.69 Å². The van der Waals surface area contributed by atoms with Gasteiger partial charge in [-0.3, -0.25) is 9.59 Å². The van der Waals surface area contributed by atoms with Crippen LogP contribution in [0.2, 0.25) is 5.02 Å². The van der Waals surface area contributed by atoms with E-state index in [0.29, 0.717) is 16.3 Å². The van der Waals surface area contributed by atoms with E-state index in [1.54, 1.807) is 42.5 Å². The third kappa shape index (κ3) is 2.51. The Morgan fingerprint density at radius 1 is 1.23 bits per heavy atom. The number of carbonyl (C=O) groups is 2. The van der Waals surface area contributed by atoms with Gasteiger partial charge in [0.15, 0.2) is 10.8 Å². The number of rotatable bonds is 3. The Morgan fingerprint density at radius 3 is 2.69 bits per heavy atom. The normalized spacial score (nSPS) is 24.8. The number of benzene rings is 2. The Hall–Kier alpha value is -2.35. The molecule has 2 atom stereocenters. The minimum atomic E-state index is -2.01. The van der Waals surface area contributed by atoms with Crippen LogP contribution in [0.1, 0.15) is 11.1 Å². The molecule has 2 aromatic rings. The average molecular weight is 388 g/mol. The maximum Gasteiger partial charge on any atom is 0.265 e. The highest BCUT2D eigenvalue weighted by atomic mass is 35.5. The molecular weight excluding hydrogens is 374 g/mol. The molecule has 2 aliphatic heterocycles. The number of aliphatic hydroxyl groups is 1. The van der Waals surface area contributed by atoms with Crippen LogP contribution < -0.4 is 10.6 Å². The molecule has 0 bridgehead atoms. The summed E-state index contributed by atoms with van der Waals surface area (Å²) in [5.41, 5.74) is 5.35. The number of fused-ring (bicyclic) bond motifs is 1. The van der Waals surface area contributed by atoms with Gasteiger partial charge in [-0.05, 0) is 23.8 Å². The second-order valence-corrected chi connectivity index (χ2v) is 7.65. The minimum absolute atomic E-state index is 0.0481. The number of carbonyl (C=O) groups excluding carboxylic acids is 2. The van der Waals surface area contributed by atoms with Crippen LogP contribution in [-0.4, -0.2) is 27.3 Å². The van der Waals surface area contributed by atoms with E-state index in [1.807, 2.05) is 6.07 Å². The number of amides is 2. The molecule has 0 unspecified atom stereocenters. The van der Waals surface area contributed by atoms with Crippen molar-refractivity contribution in [1.82, 2.24) is 0 Å². The van der Waals surface area contributed by atoms with E-state index < -0.39 is 22.7 Å². The van der Waals surface area contributed by atoms with Crippen molar-refractivity contribution in [1.29, 1.82) is 0 Å². The summed E-state index contributed by atoms with van der Waals surface area (Å²) in [5.74, 6) is -1.18. The molecule has 2 aliphatic rings.